The van der Waals surface area contributed by atoms with E-state index in [4.69, 9.17) is 14.6 Å². The summed E-state index contributed by atoms with van der Waals surface area (Å²) in [6.07, 6.45) is -1.06. The highest BCUT2D eigenvalue weighted by molar-refractivity contribution is 7.94. The first-order valence-electron chi connectivity index (χ1n) is 7.16. The molecule has 1 fully saturated rings. The van der Waals surface area contributed by atoms with E-state index in [1.165, 1.54) is 0 Å². The zero-order valence-electron chi connectivity index (χ0n) is 13.4. The van der Waals surface area contributed by atoms with Gasteiger partial charge in [0.15, 0.2) is 0 Å². The number of benzene rings is 1. The number of aryl methyl sites for hydroxylation is 1. The molecule has 0 saturated carbocycles. The summed E-state index contributed by atoms with van der Waals surface area (Å²) in [7, 11) is 3.78. The van der Waals surface area contributed by atoms with Crippen molar-refractivity contribution >= 4 is 23.7 Å². The van der Waals surface area contributed by atoms with E-state index >= 15 is 0 Å². The number of nitrogens with zero attached hydrogens (tertiary/aromatic N) is 1. The van der Waals surface area contributed by atoms with Gasteiger partial charge in [-0.15, -0.1) is 0 Å². The lowest BCUT2D eigenvalue weighted by Crippen LogP contribution is -2.46. The predicted octanol–water partition coefficient (Wildman–Crippen LogP) is 2.89. The molecule has 0 radical (unpaired) electrons. The molecule has 0 unspecified atom stereocenters. The van der Waals surface area contributed by atoms with Gasteiger partial charge in [-0.25, -0.2) is 4.79 Å². The second-order valence-corrected chi connectivity index (χ2v) is 7.08. The maximum atomic E-state index is 11.1. The zero-order valence-corrected chi connectivity index (χ0v) is 14.2. The molecule has 122 valence electrons. The van der Waals surface area contributed by atoms with Gasteiger partial charge >= 0.3 is 6.09 Å². The van der Waals surface area contributed by atoms with Gasteiger partial charge in [0, 0.05) is 5.56 Å². The Balaban J connectivity index is 2.43. The van der Waals surface area contributed by atoms with Crippen molar-refractivity contribution in [3.05, 3.63) is 17.2 Å². The molecule has 1 amide bonds. The molecule has 1 aromatic rings. The number of likely N-dealkylation sites (N-methyl/N-ethyl adjacent to an activating group) is 1. The first kappa shape index (κ1) is 16.9. The quantitative estimate of drug-likeness (QED) is 0.657. The van der Waals surface area contributed by atoms with E-state index in [1.807, 2.05) is 19.9 Å². The van der Waals surface area contributed by atoms with Crippen LogP contribution in [0.2, 0.25) is 0 Å². The van der Waals surface area contributed by atoms with E-state index in [0.29, 0.717) is 18.9 Å². The Hall–Kier alpha value is -1.44. The number of methoxy groups -OCH3 is 1. The summed E-state index contributed by atoms with van der Waals surface area (Å²) in [6.45, 7) is 7.08. The number of rotatable bonds is 4. The van der Waals surface area contributed by atoms with E-state index in [-0.39, 0.29) is 0 Å². The third kappa shape index (κ3) is 3.66. The summed E-state index contributed by atoms with van der Waals surface area (Å²) >= 11 is 1.65. The standard InChI is InChI=1S/C15H22N2O4S/c1-10-9-12(16-15(18)19)14(11(2)13(10)20-4)22-17(3)5-7-21-8-6-17/h9,16H,5-8H2,1-4H3/p+1. The van der Waals surface area contributed by atoms with Gasteiger partial charge in [0.25, 0.3) is 0 Å². The first-order valence-corrected chi connectivity index (χ1v) is 7.93. The molecule has 0 bridgehead atoms. The van der Waals surface area contributed by atoms with Crippen LogP contribution in [0.5, 0.6) is 5.75 Å². The maximum absolute atomic E-state index is 11.1. The number of anilines is 1. The summed E-state index contributed by atoms with van der Waals surface area (Å²) in [5.74, 6) is 0.804. The third-order valence-corrected chi connectivity index (χ3v) is 5.33. The molecule has 1 heterocycles. The van der Waals surface area contributed by atoms with Gasteiger partial charge in [-0.2, -0.15) is 0 Å². The van der Waals surface area contributed by atoms with Crippen LogP contribution in [-0.4, -0.2) is 55.5 Å². The monoisotopic (exact) mass is 327 g/mol. The highest BCUT2D eigenvalue weighted by Crippen LogP contribution is 2.42. The Morgan fingerprint density at radius 1 is 1.41 bits per heavy atom. The molecular weight excluding hydrogens is 304 g/mol. The van der Waals surface area contributed by atoms with E-state index in [0.717, 1.165) is 38.7 Å². The van der Waals surface area contributed by atoms with Crippen molar-refractivity contribution in [2.45, 2.75) is 18.7 Å². The SMILES string of the molecule is COc1c(C)cc(NC(=O)O)c(S[N+]2(C)CCOCC2)c1C. The summed E-state index contributed by atoms with van der Waals surface area (Å²) in [6, 6.07) is 1.83. The molecule has 0 spiro atoms. The summed E-state index contributed by atoms with van der Waals surface area (Å²) in [5.41, 5.74) is 2.49. The molecule has 7 heteroatoms. The number of ether oxygens (including phenoxy) is 2. The van der Waals surface area contributed by atoms with E-state index < -0.39 is 6.09 Å². The number of quaternary nitrogens is 1. The van der Waals surface area contributed by atoms with Gasteiger partial charge in [-0.1, -0.05) is 0 Å². The average Bonchev–Trinajstić information content (AvgIpc) is 2.44. The van der Waals surface area contributed by atoms with Crippen molar-refractivity contribution in [2.75, 3.05) is 45.8 Å². The fourth-order valence-electron chi connectivity index (χ4n) is 2.63. The molecule has 2 rings (SSSR count). The van der Waals surface area contributed by atoms with Crippen LogP contribution in [0.4, 0.5) is 10.5 Å². The predicted molar refractivity (Wildman–Crippen MR) is 86.7 cm³/mol. The normalized spacial score (nSPS) is 17.1. The number of morpholine rings is 1. The molecule has 0 atom stereocenters. The third-order valence-electron chi connectivity index (χ3n) is 3.82. The van der Waals surface area contributed by atoms with Gasteiger partial charge < -0.3 is 14.6 Å². The Kier molecular flexibility index (Phi) is 5.20. The minimum absolute atomic E-state index is 0.610. The second kappa shape index (κ2) is 6.76. The molecular formula is C15H23N2O4S+. The van der Waals surface area contributed by atoms with Gasteiger partial charge in [-0.3, -0.25) is 9.21 Å². The first-order chi connectivity index (χ1) is 10.4. The lowest BCUT2D eigenvalue weighted by molar-refractivity contribution is -0.784. The maximum Gasteiger partial charge on any atom is 0.409 e. The van der Waals surface area contributed by atoms with Gasteiger partial charge in [0.05, 0.1) is 38.0 Å². The number of amides is 1. The van der Waals surface area contributed by atoms with E-state index in [1.54, 1.807) is 19.1 Å². The summed E-state index contributed by atoms with van der Waals surface area (Å²) in [4.78, 5) is 12.0. The minimum Gasteiger partial charge on any atom is -0.496 e. The second-order valence-electron chi connectivity index (χ2n) is 5.61. The molecule has 1 aliphatic heterocycles. The minimum atomic E-state index is -1.06. The number of hydrogen-bond acceptors (Lipinski definition) is 4. The Morgan fingerprint density at radius 3 is 2.59 bits per heavy atom. The van der Waals surface area contributed by atoms with Crippen molar-refractivity contribution < 1.29 is 23.3 Å². The molecule has 2 N–H and O–H groups in total. The fourth-order valence-corrected chi connectivity index (χ4v) is 3.84. The zero-order chi connectivity index (χ0) is 16.3. The fraction of sp³-hybridized carbons (Fsp3) is 0.533. The smallest absolute Gasteiger partial charge is 0.409 e. The van der Waals surface area contributed by atoms with Gasteiger partial charge in [-0.05, 0) is 25.5 Å². The number of hydrogen-bond donors (Lipinski definition) is 2. The van der Waals surface area contributed by atoms with Gasteiger partial charge in [0.1, 0.15) is 30.8 Å². The number of nitrogens with one attached hydrogen (secondary N) is 1. The molecule has 1 aliphatic rings. The van der Waals surface area contributed by atoms with Gasteiger partial charge in [0.2, 0.25) is 0 Å². The van der Waals surface area contributed by atoms with Crippen LogP contribution in [0.1, 0.15) is 11.1 Å². The van der Waals surface area contributed by atoms with Crippen molar-refractivity contribution in [3.8, 4) is 5.75 Å². The van der Waals surface area contributed by atoms with Crippen LogP contribution in [0.25, 0.3) is 0 Å². The van der Waals surface area contributed by atoms with Crippen LogP contribution < -0.4 is 10.1 Å². The molecule has 6 nitrogen and oxygen atoms in total. The van der Waals surface area contributed by atoms with Crippen LogP contribution in [0.15, 0.2) is 11.0 Å². The molecule has 0 aliphatic carbocycles. The van der Waals surface area contributed by atoms with Crippen molar-refractivity contribution in [2.24, 2.45) is 0 Å². The largest absolute Gasteiger partial charge is 0.496 e. The molecule has 0 aromatic heterocycles. The lowest BCUT2D eigenvalue weighted by atomic mass is 10.1. The summed E-state index contributed by atoms with van der Waals surface area (Å²) < 4.78 is 11.7. The van der Waals surface area contributed by atoms with Crippen LogP contribution in [0.3, 0.4) is 0 Å². The van der Waals surface area contributed by atoms with Crippen LogP contribution in [0, 0.1) is 13.8 Å². The number of carbonyl (C=O) groups is 1. The Morgan fingerprint density at radius 2 is 2.05 bits per heavy atom. The van der Waals surface area contributed by atoms with Crippen molar-refractivity contribution in [1.82, 2.24) is 0 Å². The van der Waals surface area contributed by atoms with Crippen LogP contribution >= 0.6 is 11.9 Å². The van der Waals surface area contributed by atoms with E-state index in [2.05, 4.69) is 12.4 Å². The highest BCUT2D eigenvalue weighted by atomic mass is 32.2. The lowest BCUT2D eigenvalue weighted by Gasteiger charge is -2.35. The van der Waals surface area contributed by atoms with Crippen molar-refractivity contribution in [1.29, 1.82) is 0 Å². The highest BCUT2D eigenvalue weighted by Gasteiger charge is 2.31. The number of carboxylic acid groups (broad SMARTS) is 1. The Labute approximate surface area is 135 Å². The average molecular weight is 327 g/mol. The molecule has 1 saturated heterocycles. The Bertz CT molecular complexity index is 571. The topological polar surface area (TPSA) is 67.8 Å². The van der Waals surface area contributed by atoms with Crippen molar-refractivity contribution in [3.63, 3.8) is 0 Å². The molecule has 1 aromatic carbocycles. The molecule has 22 heavy (non-hydrogen) atoms. The van der Waals surface area contributed by atoms with Crippen LogP contribution in [-0.2, 0) is 4.74 Å². The summed E-state index contributed by atoms with van der Waals surface area (Å²) in [5, 5.41) is 11.6. The van der Waals surface area contributed by atoms with E-state index in [9.17, 15) is 4.79 Å².